The van der Waals surface area contributed by atoms with Crippen LogP contribution in [0, 0.1) is 6.92 Å². The highest BCUT2D eigenvalue weighted by atomic mass is 35.5. The first-order chi connectivity index (χ1) is 18.8. The van der Waals surface area contributed by atoms with Crippen molar-refractivity contribution in [3.05, 3.63) is 112 Å². The Morgan fingerprint density at radius 2 is 1.79 bits per heavy atom. The zero-order valence-electron chi connectivity index (χ0n) is 20.7. The van der Waals surface area contributed by atoms with Crippen molar-refractivity contribution in [1.29, 1.82) is 0 Å². The number of carbonyl (C=O) groups is 2. The number of hydrogen-bond donors (Lipinski definition) is 1. The molecule has 5 rings (SSSR count). The molecule has 3 aromatic carbocycles. The standard InChI is InChI=1S/C29H22ClN3O4S2/c1-18-23(27(37-22-14-8-11-20(30)16-22)33(31-18)21-12-6-3-7-13-21)17-25-26(34)32(29(38)39-25)24(28(35)36)15-19-9-4-2-5-10-19/h2-14,16-17,24H,15H2,1H3,(H,35,36)/b25-17-/t24-/m0/s1. The first-order valence-corrected chi connectivity index (χ1v) is 13.5. The summed E-state index contributed by atoms with van der Waals surface area (Å²) in [6, 6.07) is 24.4. The Kier molecular flexibility index (Phi) is 7.83. The molecule has 1 N–H and O–H groups in total. The maximum atomic E-state index is 13.6. The predicted octanol–water partition coefficient (Wildman–Crippen LogP) is 6.52. The molecule has 1 aliphatic heterocycles. The van der Waals surface area contributed by atoms with Gasteiger partial charge in [0.25, 0.3) is 5.91 Å². The van der Waals surface area contributed by atoms with E-state index in [2.05, 4.69) is 5.10 Å². The van der Waals surface area contributed by atoms with E-state index in [1.807, 2.05) is 67.6 Å². The van der Waals surface area contributed by atoms with Crippen LogP contribution >= 0.6 is 35.6 Å². The van der Waals surface area contributed by atoms with Crippen LogP contribution in [0.3, 0.4) is 0 Å². The predicted molar refractivity (Wildman–Crippen MR) is 156 cm³/mol. The second kappa shape index (κ2) is 11.4. The molecule has 1 fully saturated rings. The SMILES string of the molecule is Cc1nn(-c2ccccc2)c(Oc2cccc(Cl)c2)c1/C=C1\SC(=S)N([C@@H](Cc2ccccc2)C(=O)O)C1=O. The molecule has 0 bridgehead atoms. The molecular weight excluding hydrogens is 554 g/mol. The lowest BCUT2D eigenvalue weighted by Crippen LogP contribution is -2.45. The largest absolute Gasteiger partial charge is 0.480 e. The van der Waals surface area contributed by atoms with Crippen LogP contribution in [-0.4, -0.2) is 42.0 Å². The number of carboxylic acid groups (broad SMARTS) is 1. The van der Waals surface area contributed by atoms with Gasteiger partial charge in [-0.05, 0) is 48.9 Å². The third-order valence-corrected chi connectivity index (χ3v) is 7.61. The molecule has 39 heavy (non-hydrogen) atoms. The molecule has 0 aliphatic carbocycles. The summed E-state index contributed by atoms with van der Waals surface area (Å²) in [7, 11) is 0. The topological polar surface area (TPSA) is 84.7 Å². The van der Waals surface area contributed by atoms with E-state index in [0.29, 0.717) is 27.9 Å². The number of hydrogen-bond acceptors (Lipinski definition) is 6. The summed E-state index contributed by atoms with van der Waals surface area (Å²) in [5, 5.41) is 15.2. The van der Waals surface area contributed by atoms with E-state index < -0.39 is 17.9 Å². The zero-order chi connectivity index (χ0) is 27.5. The van der Waals surface area contributed by atoms with Crippen molar-refractivity contribution in [1.82, 2.24) is 14.7 Å². The van der Waals surface area contributed by atoms with Gasteiger partial charge in [-0.15, -0.1) is 0 Å². The van der Waals surface area contributed by atoms with Crippen LogP contribution in [0.15, 0.2) is 89.8 Å². The minimum absolute atomic E-state index is 0.129. The van der Waals surface area contributed by atoms with Crippen molar-refractivity contribution in [2.75, 3.05) is 0 Å². The number of aryl methyl sites for hydroxylation is 1. The van der Waals surface area contributed by atoms with Crippen LogP contribution in [0.2, 0.25) is 5.02 Å². The minimum atomic E-state index is -1.14. The number of rotatable bonds is 8. The molecule has 0 radical (unpaired) electrons. The number of aliphatic carboxylic acids is 1. The molecule has 0 spiro atoms. The van der Waals surface area contributed by atoms with Crippen LogP contribution in [0.5, 0.6) is 11.6 Å². The quantitative estimate of drug-likeness (QED) is 0.189. The molecule has 196 valence electrons. The van der Waals surface area contributed by atoms with Crippen molar-refractivity contribution in [2.45, 2.75) is 19.4 Å². The Labute approximate surface area is 239 Å². The summed E-state index contributed by atoms with van der Waals surface area (Å²) in [4.78, 5) is 27.2. The highest BCUT2D eigenvalue weighted by Crippen LogP contribution is 2.39. The molecule has 1 amide bonds. The summed E-state index contributed by atoms with van der Waals surface area (Å²) in [6.07, 6.45) is 1.78. The Morgan fingerprint density at radius 1 is 1.10 bits per heavy atom. The lowest BCUT2D eigenvalue weighted by molar-refractivity contribution is -0.145. The van der Waals surface area contributed by atoms with Gasteiger partial charge >= 0.3 is 5.97 Å². The fourth-order valence-electron chi connectivity index (χ4n) is 4.17. The Balaban J connectivity index is 1.54. The number of carboxylic acids is 1. The van der Waals surface area contributed by atoms with Crippen LogP contribution < -0.4 is 4.74 Å². The molecule has 1 saturated heterocycles. The van der Waals surface area contributed by atoms with E-state index in [1.165, 1.54) is 4.90 Å². The van der Waals surface area contributed by atoms with Crippen LogP contribution in [0.25, 0.3) is 11.8 Å². The number of amides is 1. The number of halogens is 1. The van der Waals surface area contributed by atoms with Crippen molar-refractivity contribution in [3.8, 4) is 17.3 Å². The lowest BCUT2D eigenvalue weighted by Gasteiger charge is -2.23. The van der Waals surface area contributed by atoms with Gasteiger partial charge in [-0.25, -0.2) is 4.79 Å². The fraction of sp³-hybridized carbons (Fsp3) is 0.103. The third kappa shape index (κ3) is 5.75. The van der Waals surface area contributed by atoms with Gasteiger partial charge in [0.15, 0.2) is 0 Å². The van der Waals surface area contributed by atoms with Crippen LogP contribution in [0.4, 0.5) is 0 Å². The molecule has 4 aromatic rings. The Hall–Kier alpha value is -3.92. The first kappa shape index (κ1) is 26.7. The first-order valence-electron chi connectivity index (χ1n) is 11.9. The number of thiocarbonyl (C=S) groups is 1. The van der Waals surface area contributed by atoms with E-state index >= 15 is 0 Å². The van der Waals surface area contributed by atoms with Crippen molar-refractivity contribution in [3.63, 3.8) is 0 Å². The van der Waals surface area contributed by atoms with Gasteiger partial charge in [-0.1, -0.05) is 90.2 Å². The van der Waals surface area contributed by atoms with Gasteiger partial charge < -0.3 is 9.84 Å². The van der Waals surface area contributed by atoms with E-state index in [0.717, 1.165) is 23.0 Å². The monoisotopic (exact) mass is 575 g/mol. The normalized spacial score (nSPS) is 15.1. The number of para-hydroxylation sites is 1. The van der Waals surface area contributed by atoms with E-state index in [-0.39, 0.29) is 15.6 Å². The summed E-state index contributed by atoms with van der Waals surface area (Å²) in [6.45, 7) is 1.81. The van der Waals surface area contributed by atoms with Gasteiger partial charge in [0.2, 0.25) is 5.88 Å². The molecule has 1 atom stereocenters. The number of thioether (sulfide) groups is 1. The summed E-state index contributed by atoms with van der Waals surface area (Å²) in [5.41, 5.74) is 2.73. The second-order valence-electron chi connectivity index (χ2n) is 8.71. The maximum Gasteiger partial charge on any atom is 0.327 e. The summed E-state index contributed by atoms with van der Waals surface area (Å²) >= 11 is 12.7. The number of carbonyl (C=O) groups excluding carboxylic acids is 1. The van der Waals surface area contributed by atoms with E-state index in [1.54, 1.807) is 35.0 Å². The fourth-order valence-corrected chi connectivity index (χ4v) is 5.69. The zero-order valence-corrected chi connectivity index (χ0v) is 23.0. The molecule has 1 aliphatic rings. The number of ether oxygens (including phenoxy) is 1. The van der Waals surface area contributed by atoms with Crippen LogP contribution in [0.1, 0.15) is 16.8 Å². The van der Waals surface area contributed by atoms with Crippen molar-refractivity contribution >= 4 is 57.9 Å². The number of aromatic nitrogens is 2. The summed E-state index contributed by atoms with van der Waals surface area (Å²) < 4.78 is 8.10. The Bertz CT molecular complexity index is 1590. The molecular formula is C29H22ClN3O4S2. The second-order valence-corrected chi connectivity index (χ2v) is 10.8. The average molecular weight is 576 g/mol. The Morgan fingerprint density at radius 3 is 2.46 bits per heavy atom. The lowest BCUT2D eigenvalue weighted by atomic mass is 10.0. The van der Waals surface area contributed by atoms with E-state index in [9.17, 15) is 14.7 Å². The van der Waals surface area contributed by atoms with Gasteiger partial charge in [0.05, 0.1) is 21.8 Å². The van der Waals surface area contributed by atoms with E-state index in [4.69, 9.17) is 28.6 Å². The maximum absolute atomic E-state index is 13.6. The van der Waals surface area contributed by atoms with Crippen molar-refractivity contribution in [2.24, 2.45) is 0 Å². The average Bonchev–Trinajstić information content (AvgIpc) is 3.38. The molecule has 1 aromatic heterocycles. The molecule has 7 nitrogen and oxygen atoms in total. The van der Waals surface area contributed by atoms with Gasteiger partial charge in [0, 0.05) is 11.4 Å². The molecule has 0 saturated carbocycles. The minimum Gasteiger partial charge on any atom is -0.480 e. The number of benzene rings is 3. The smallest absolute Gasteiger partial charge is 0.327 e. The summed E-state index contributed by atoms with van der Waals surface area (Å²) in [5.74, 6) is -0.732. The van der Waals surface area contributed by atoms with Crippen molar-refractivity contribution < 1.29 is 19.4 Å². The molecule has 2 heterocycles. The van der Waals surface area contributed by atoms with Gasteiger partial charge in [-0.3, -0.25) is 9.69 Å². The van der Waals surface area contributed by atoms with Crippen LogP contribution in [-0.2, 0) is 16.0 Å². The van der Waals surface area contributed by atoms with Gasteiger partial charge in [0.1, 0.15) is 16.1 Å². The number of nitrogens with zero attached hydrogens (tertiary/aromatic N) is 3. The molecule has 0 unspecified atom stereocenters. The highest BCUT2D eigenvalue weighted by molar-refractivity contribution is 8.26. The molecule has 10 heteroatoms. The third-order valence-electron chi connectivity index (χ3n) is 6.04. The van der Waals surface area contributed by atoms with Gasteiger partial charge in [-0.2, -0.15) is 9.78 Å². The highest BCUT2D eigenvalue weighted by Gasteiger charge is 2.41.